The van der Waals surface area contributed by atoms with E-state index in [0.717, 1.165) is 0 Å². The van der Waals surface area contributed by atoms with Gasteiger partial charge in [0.15, 0.2) is 0 Å². The Balaban J connectivity index is 2.68. The molecule has 1 atom stereocenters. The molecule has 0 spiro atoms. The van der Waals surface area contributed by atoms with Crippen LogP contribution in [0.15, 0.2) is 0 Å². The molecule has 0 bridgehead atoms. The molecule has 0 radical (unpaired) electrons. The van der Waals surface area contributed by atoms with Crippen LogP contribution in [0.1, 0.15) is 26.7 Å². The lowest BCUT2D eigenvalue weighted by Crippen LogP contribution is -2.50. The first kappa shape index (κ1) is 9.86. The van der Waals surface area contributed by atoms with Gasteiger partial charge in [-0.15, -0.1) is 0 Å². The van der Waals surface area contributed by atoms with E-state index in [1.54, 1.807) is 13.8 Å². The van der Waals surface area contributed by atoms with Gasteiger partial charge in [0.2, 0.25) is 0 Å². The number of hydrogen-bond donors (Lipinski definition) is 1. The van der Waals surface area contributed by atoms with Gasteiger partial charge in [0.25, 0.3) is 6.43 Å². The molecule has 0 aromatic rings. The topological polar surface area (TPSA) is 29.5 Å². The summed E-state index contributed by atoms with van der Waals surface area (Å²) in [4.78, 5) is 0. The maximum absolute atomic E-state index is 12.3. The van der Waals surface area contributed by atoms with E-state index in [9.17, 15) is 13.9 Å². The normalized spacial score (nSPS) is 35.5. The van der Waals surface area contributed by atoms with Crippen molar-refractivity contribution in [2.24, 2.45) is 0 Å². The molecular formula is C8H14F2O2. The van der Waals surface area contributed by atoms with Crippen molar-refractivity contribution in [3.63, 3.8) is 0 Å². The molecule has 1 unspecified atom stereocenters. The van der Waals surface area contributed by atoms with E-state index >= 15 is 0 Å². The zero-order valence-electron chi connectivity index (χ0n) is 7.31. The van der Waals surface area contributed by atoms with Crippen molar-refractivity contribution < 1.29 is 18.6 Å². The van der Waals surface area contributed by atoms with Crippen molar-refractivity contribution >= 4 is 0 Å². The Bertz CT molecular complexity index is 170. The summed E-state index contributed by atoms with van der Waals surface area (Å²) in [7, 11) is 0. The predicted molar refractivity (Wildman–Crippen MR) is 40.2 cm³/mol. The van der Waals surface area contributed by atoms with Gasteiger partial charge in [-0.05, 0) is 13.8 Å². The minimum Gasteiger partial charge on any atom is -0.384 e. The van der Waals surface area contributed by atoms with Crippen molar-refractivity contribution in [3.05, 3.63) is 0 Å². The van der Waals surface area contributed by atoms with Crippen LogP contribution in [0.25, 0.3) is 0 Å². The van der Waals surface area contributed by atoms with Crippen LogP contribution in [0.3, 0.4) is 0 Å². The van der Waals surface area contributed by atoms with Crippen molar-refractivity contribution in [2.75, 3.05) is 6.61 Å². The molecule has 4 heteroatoms. The molecular weight excluding hydrogens is 166 g/mol. The zero-order chi connectivity index (χ0) is 9.41. The first-order valence-corrected chi connectivity index (χ1v) is 4.00. The molecule has 2 nitrogen and oxygen atoms in total. The molecule has 1 aliphatic heterocycles. The van der Waals surface area contributed by atoms with Crippen LogP contribution in [0.5, 0.6) is 0 Å². The minimum atomic E-state index is -2.68. The predicted octanol–water partition coefficient (Wildman–Crippen LogP) is 1.57. The van der Waals surface area contributed by atoms with Crippen molar-refractivity contribution in [2.45, 2.75) is 44.3 Å². The first-order chi connectivity index (χ1) is 5.36. The lowest BCUT2D eigenvalue weighted by molar-refractivity contribution is -0.194. The standard InChI is InChI=1S/C8H14F2O2/c1-7(2)5-8(11,6(9)10)3-4-12-7/h6,11H,3-5H2,1-2H3. The van der Waals surface area contributed by atoms with Gasteiger partial charge < -0.3 is 9.84 Å². The van der Waals surface area contributed by atoms with E-state index in [4.69, 9.17) is 4.74 Å². The average molecular weight is 180 g/mol. The number of ether oxygens (including phenoxy) is 1. The van der Waals surface area contributed by atoms with Crippen LogP contribution < -0.4 is 0 Å². The van der Waals surface area contributed by atoms with E-state index in [1.165, 1.54) is 0 Å². The Morgan fingerprint density at radius 3 is 2.33 bits per heavy atom. The van der Waals surface area contributed by atoms with Crippen LogP contribution in [-0.4, -0.2) is 29.3 Å². The molecule has 1 saturated heterocycles. The maximum Gasteiger partial charge on any atom is 0.267 e. The Kier molecular flexibility index (Phi) is 2.40. The van der Waals surface area contributed by atoms with Gasteiger partial charge in [0.1, 0.15) is 5.60 Å². The molecule has 72 valence electrons. The highest BCUT2D eigenvalue weighted by molar-refractivity contribution is 4.92. The molecule has 1 aliphatic rings. The van der Waals surface area contributed by atoms with Crippen LogP contribution in [-0.2, 0) is 4.74 Å². The number of hydrogen-bond acceptors (Lipinski definition) is 2. The molecule has 1 heterocycles. The highest BCUT2D eigenvalue weighted by atomic mass is 19.3. The Morgan fingerprint density at radius 1 is 1.42 bits per heavy atom. The van der Waals surface area contributed by atoms with Gasteiger partial charge in [0.05, 0.1) is 12.2 Å². The van der Waals surface area contributed by atoms with E-state index in [1.807, 2.05) is 0 Å². The molecule has 1 rings (SSSR count). The molecule has 0 saturated carbocycles. The Morgan fingerprint density at radius 2 is 2.00 bits per heavy atom. The van der Waals surface area contributed by atoms with E-state index < -0.39 is 17.6 Å². The van der Waals surface area contributed by atoms with Gasteiger partial charge in [0, 0.05) is 12.8 Å². The van der Waals surface area contributed by atoms with Crippen LogP contribution >= 0.6 is 0 Å². The summed E-state index contributed by atoms with van der Waals surface area (Å²) in [5.41, 5.74) is -2.48. The monoisotopic (exact) mass is 180 g/mol. The summed E-state index contributed by atoms with van der Waals surface area (Å²) in [6, 6.07) is 0. The quantitative estimate of drug-likeness (QED) is 0.663. The molecule has 0 aromatic carbocycles. The molecule has 1 fully saturated rings. The third kappa shape index (κ3) is 1.93. The maximum atomic E-state index is 12.3. The van der Waals surface area contributed by atoms with Gasteiger partial charge in [-0.2, -0.15) is 0 Å². The fourth-order valence-corrected chi connectivity index (χ4v) is 1.57. The summed E-state index contributed by atoms with van der Waals surface area (Å²) >= 11 is 0. The zero-order valence-corrected chi connectivity index (χ0v) is 7.31. The first-order valence-electron chi connectivity index (χ1n) is 4.00. The summed E-state index contributed by atoms with van der Waals surface area (Å²) in [6.07, 6.45) is -2.66. The second kappa shape index (κ2) is 2.92. The third-order valence-corrected chi connectivity index (χ3v) is 2.17. The highest BCUT2D eigenvalue weighted by Crippen LogP contribution is 2.35. The minimum absolute atomic E-state index is 0.00231. The van der Waals surface area contributed by atoms with Crippen molar-refractivity contribution in [3.8, 4) is 0 Å². The fourth-order valence-electron chi connectivity index (χ4n) is 1.57. The number of rotatable bonds is 1. The van der Waals surface area contributed by atoms with Crippen molar-refractivity contribution in [1.82, 2.24) is 0 Å². The second-order valence-electron chi connectivity index (χ2n) is 3.94. The summed E-state index contributed by atoms with van der Waals surface area (Å²) in [5.74, 6) is 0. The Hall–Kier alpha value is -0.220. The lowest BCUT2D eigenvalue weighted by atomic mass is 9.85. The fraction of sp³-hybridized carbons (Fsp3) is 1.00. The lowest BCUT2D eigenvalue weighted by Gasteiger charge is -2.40. The summed E-state index contributed by atoms with van der Waals surface area (Å²) < 4.78 is 29.9. The second-order valence-corrected chi connectivity index (χ2v) is 3.94. The van der Waals surface area contributed by atoms with E-state index in [2.05, 4.69) is 0 Å². The van der Waals surface area contributed by atoms with Gasteiger partial charge in [-0.25, -0.2) is 8.78 Å². The molecule has 12 heavy (non-hydrogen) atoms. The van der Waals surface area contributed by atoms with Gasteiger partial charge in [-0.1, -0.05) is 0 Å². The molecule has 0 aromatic heterocycles. The van der Waals surface area contributed by atoms with Crippen LogP contribution in [0.4, 0.5) is 8.78 Å². The SMILES string of the molecule is CC1(C)CC(O)(C(F)F)CCO1. The smallest absolute Gasteiger partial charge is 0.267 e. The van der Waals surface area contributed by atoms with E-state index in [0.29, 0.717) is 0 Å². The van der Waals surface area contributed by atoms with Crippen LogP contribution in [0.2, 0.25) is 0 Å². The van der Waals surface area contributed by atoms with Crippen LogP contribution in [0, 0.1) is 0 Å². The molecule has 0 aliphatic carbocycles. The highest BCUT2D eigenvalue weighted by Gasteiger charge is 2.45. The summed E-state index contributed by atoms with van der Waals surface area (Å²) in [6.45, 7) is 3.62. The average Bonchev–Trinajstić information content (AvgIpc) is 1.83. The van der Waals surface area contributed by atoms with Gasteiger partial charge >= 0.3 is 0 Å². The number of aliphatic hydroxyl groups is 1. The molecule has 0 amide bonds. The van der Waals surface area contributed by atoms with Crippen molar-refractivity contribution in [1.29, 1.82) is 0 Å². The summed E-state index contributed by atoms with van der Waals surface area (Å²) in [5, 5.41) is 9.45. The number of alkyl halides is 2. The number of halogens is 2. The Labute approximate surface area is 70.5 Å². The van der Waals surface area contributed by atoms with E-state index in [-0.39, 0.29) is 19.4 Å². The molecule has 1 N–H and O–H groups in total. The third-order valence-electron chi connectivity index (χ3n) is 2.17. The largest absolute Gasteiger partial charge is 0.384 e. The van der Waals surface area contributed by atoms with Gasteiger partial charge in [-0.3, -0.25) is 0 Å².